The van der Waals surface area contributed by atoms with E-state index in [9.17, 15) is 0 Å². The van der Waals surface area contributed by atoms with Crippen LogP contribution in [-0.2, 0) is 0 Å². The van der Waals surface area contributed by atoms with E-state index in [1.807, 2.05) is 12.3 Å². The highest BCUT2D eigenvalue weighted by Crippen LogP contribution is 2.37. The van der Waals surface area contributed by atoms with Crippen LogP contribution in [0.5, 0.6) is 0 Å². The quantitative estimate of drug-likeness (QED) is 0.612. The third-order valence-corrected chi connectivity index (χ3v) is 3.56. The Bertz CT molecular complexity index is 576. The van der Waals surface area contributed by atoms with E-state index in [1.165, 1.54) is 16.8 Å². The normalized spacial score (nSPS) is 31.5. The maximum Gasteiger partial charge on any atom is 0.147 e. The molecule has 0 bridgehead atoms. The fourth-order valence-corrected chi connectivity index (χ4v) is 2.78. The van der Waals surface area contributed by atoms with Gasteiger partial charge in [0.2, 0.25) is 0 Å². The zero-order valence-electron chi connectivity index (χ0n) is 9.32. The molecule has 0 spiro atoms. The molecule has 0 aromatic heterocycles. The van der Waals surface area contributed by atoms with Gasteiger partial charge in [-0.15, -0.1) is 0 Å². The summed E-state index contributed by atoms with van der Waals surface area (Å²) in [4.78, 5) is 6.98. The van der Waals surface area contributed by atoms with E-state index >= 15 is 0 Å². The highest BCUT2D eigenvalue weighted by Gasteiger charge is 2.36. The average Bonchev–Trinajstić information content (AvgIpc) is 2.77. The molecule has 0 aromatic rings. The van der Waals surface area contributed by atoms with Gasteiger partial charge in [0.1, 0.15) is 6.17 Å². The fraction of sp³-hybridized carbons (Fsp3) is 0.133. The maximum absolute atomic E-state index is 4.60. The molecule has 82 valence electrons. The Morgan fingerprint density at radius 1 is 1.00 bits per heavy atom. The van der Waals surface area contributed by atoms with Gasteiger partial charge in [0.15, 0.2) is 0 Å². The number of dihydropyridines is 1. The second kappa shape index (κ2) is 3.20. The van der Waals surface area contributed by atoms with Crippen molar-refractivity contribution < 1.29 is 0 Å². The molecule has 4 aliphatic rings. The van der Waals surface area contributed by atoms with Crippen molar-refractivity contribution in [2.45, 2.75) is 12.2 Å². The number of fused-ring (bicyclic) bond motifs is 5. The Morgan fingerprint density at radius 3 is 2.94 bits per heavy atom. The molecule has 2 heteroatoms. The molecule has 2 atom stereocenters. The van der Waals surface area contributed by atoms with E-state index in [0.29, 0.717) is 6.04 Å². The first-order valence-electron chi connectivity index (χ1n) is 5.90. The van der Waals surface area contributed by atoms with Crippen LogP contribution >= 0.6 is 0 Å². The summed E-state index contributed by atoms with van der Waals surface area (Å²) in [5.41, 5.74) is 3.90. The lowest BCUT2D eigenvalue weighted by molar-refractivity contribution is 0.290. The highest BCUT2D eigenvalue weighted by molar-refractivity contribution is 5.75. The topological polar surface area (TPSA) is 15.6 Å². The zero-order valence-corrected chi connectivity index (χ0v) is 9.32. The van der Waals surface area contributed by atoms with Gasteiger partial charge in [0.25, 0.3) is 0 Å². The summed E-state index contributed by atoms with van der Waals surface area (Å²) < 4.78 is 0. The first-order chi connectivity index (χ1) is 8.43. The Labute approximate surface area is 100 Å². The lowest BCUT2D eigenvalue weighted by Gasteiger charge is -2.37. The molecular formula is C15H12N2. The predicted octanol–water partition coefficient (Wildman–Crippen LogP) is 2.51. The Morgan fingerprint density at radius 2 is 1.94 bits per heavy atom. The minimum atomic E-state index is 0.148. The first kappa shape index (κ1) is 8.99. The van der Waals surface area contributed by atoms with E-state index in [2.05, 4.69) is 58.5 Å². The molecule has 0 fully saturated rings. The fourth-order valence-electron chi connectivity index (χ4n) is 2.78. The van der Waals surface area contributed by atoms with Gasteiger partial charge >= 0.3 is 0 Å². The molecule has 0 N–H and O–H groups in total. The van der Waals surface area contributed by atoms with Crippen molar-refractivity contribution in [3.63, 3.8) is 0 Å². The van der Waals surface area contributed by atoms with Crippen molar-refractivity contribution in [1.29, 1.82) is 0 Å². The number of aliphatic imine (C=N–C) groups is 1. The molecule has 2 unspecified atom stereocenters. The minimum absolute atomic E-state index is 0.148. The highest BCUT2D eigenvalue weighted by atomic mass is 15.3. The van der Waals surface area contributed by atoms with Crippen LogP contribution in [0.3, 0.4) is 0 Å². The number of nitrogens with zero attached hydrogens (tertiary/aromatic N) is 2. The number of rotatable bonds is 0. The van der Waals surface area contributed by atoms with Gasteiger partial charge < -0.3 is 4.90 Å². The monoisotopic (exact) mass is 220 g/mol. The Balaban J connectivity index is 1.84. The average molecular weight is 220 g/mol. The molecule has 2 nitrogen and oxygen atoms in total. The molecule has 17 heavy (non-hydrogen) atoms. The van der Waals surface area contributed by atoms with Crippen LogP contribution in [-0.4, -0.2) is 23.3 Å². The van der Waals surface area contributed by atoms with Gasteiger partial charge in [-0.2, -0.15) is 0 Å². The van der Waals surface area contributed by atoms with Crippen LogP contribution in [0.25, 0.3) is 0 Å². The second-order valence-electron chi connectivity index (χ2n) is 4.53. The van der Waals surface area contributed by atoms with Crippen molar-refractivity contribution in [3.8, 4) is 0 Å². The molecule has 0 radical (unpaired) electrons. The molecule has 3 heterocycles. The predicted molar refractivity (Wildman–Crippen MR) is 69.6 cm³/mol. The molecule has 0 amide bonds. The summed E-state index contributed by atoms with van der Waals surface area (Å²) in [6.45, 7) is 0. The summed E-state index contributed by atoms with van der Waals surface area (Å²) in [5.74, 6) is 0. The van der Waals surface area contributed by atoms with Crippen molar-refractivity contribution >= 4 is 6.21 Å². The number of hydrogen-bond donors (Lipinski definition) is 0. The van der Waals surface area contributed by atoms with Gasteiger partial charge in [0.05, 0.1) is 6.04 Å². The molecule has 3 aliphatic heterocycles. The number of allylic oxidation sites excluding steroid dienone is 6. The number of hydrogen-bond acceptors (Lipinski definition) is 2. The zero-order chi connectivity index (χ0) is 11.2. The van der Waals surface area contributed by atoms with Gasteiger partial charge in [-0.25, -0.2) is 0 Å². The van der Waals surface area contributed by atoms with Gasteiger partial charge in [0, 0.05) is 11.9 Å². The van der Waals surface area contributed by atoms with Crippen molar-refractivity contribution in [2.75, 3.05) is 0 Å². The van der Waals surface area contributed by atoms with Gasteiger partial charge in [-0.3, -0.25) is 4.99 Å². The summed E-state index contributed by atoms with van der Waals surface area (Å²) in [6, 6.07) is 0.351. The van der Waals surface area contributed by atoms with E-state index < -0.39 is 0 Å². The third kappa shape index (κ3) is 1.18. The Kier molecular flexibility index (Phi) is 1.69. The van der Waals surface area contributed by atoms with E-state index in [0.717, 1.165) is 0 Å². The minimum Gasteiger partial charge on any atom is -0.335 e. The summed E-state index contributed by atoms with van der Waals surface area (Å²) in [6.07, 6.45) is 21.4. The van der Waals surface area contributed by atoms with Gasteiger partial charge in [-0.1, -0.05) is 36.5 Å². The SMILES string of the molecule is C1=CC2=CC3=CC=C4C=CC=NC4N3C2C=C1. The van der Waals surface area contributed by atoms with Gasteiger partial charge in [-0.05, 0) is 29.4 Å². The first-order valence-corrected chi connectivity index (χ1v) is 5.90. The van der Waals surface area contributed by atoms with Crippen LogP contribution in [0.2, 0.25) is 0 Å². The molecule has 4 rings (SSSR count). The third-order valence-electron chi connectivity index (χ3n) is 3.56. The molecule has 1 aliphatic carbocycles. The molecule has 0 aromatic carbocycles. The van der Waals surface area contributed by atoms with Crippen LogP contribution < -0.4 is 0 Å². The lowest BCUT2D eigenvalue weighted by atomic mass is 10.0. The maximum atomic E-state index is 4.60. The van der Waals surface area contributed by atoms with E-state index in [1.54, 1.807) is 0 Å². The van der Waals surface area contributed by atoms with Crippen molar-refractivity contribution in [1.82, 2.24) is 4.90 Å². The molecule has 0 saturated heterocycles. The van der Waals surface area contributed by atoms with Crippen LogP contribution in [0.1, 0.15) is 0 Å². The van der Waals surface area contributed by atoms with Crippen LogP contribution in [0, 0.1) is 0 Å². The van der Waals surface area contributed by atoms with Crippen molar-refractivity contribution in [2.24, 2.45) is 4.99 Å². The molecular weight excluding hydrogens is 208 g/mol. The van der Waals surface area contributed by atoms with Crippen molar-refractivity contribution in [3.05, 3.63) is 71.5 Å². The Hall–Kier alpha value is -2.09. The van der Waals surface area contributed by atoms with Crippen LogP contribution in [0.15, 0.2) is 76.5 Å². The summed E-state index contributed by atoms with van der Waals surface area (Å²) >= 11 is 0. The summed E-state index contributed by atoms with van der Waals surface area (Å²) in [7, 11) is 0. The molecule has 0 saturated carbocycles. The second-order valence-corrected chi connectivity index (χ2v) is 4.53. The lowest BCUT2D eigenvalue weighted by Crippen LogP contribution is -2.40. The largest absolute Gasteiger partial charge is 0.335 e. The van der Waals surface area contributed by atoms with E-state index in [4.69, 9.17) is 0 Å². The van der Waals surface area contributed by atoms with Crippen LogP contribution in [0.4, 0.5) is 0 Å². The smallest absolute Gasteiger partial charge is 0.147 e. The standard InChI is InChI=1S/C15H12N2/c1-2-6-14-12(4-1)10-13-8-7-11-5-3-9-16-15(11)17(13)14/h1-10,14-15H. The summed E-state index contributed by atoms with van der Waals surface area (Å²) in [5, 5.41) is 0. The van der Waals surface area contributed by atoms with E-state index in [-0.39, 0.29) is 6.17 Å².